The van der Waals surface area contributed by atoms with Crippen LogP contribution in [0.1, 0.15) is 24.6 Å². The van der Waals surface area contributed by atoms with Crippen molar-refractivity contribution >= 4 is 5.82 Å². The first-order chi connectivity index (χ1) is 6.79. The van der Waals surface area contributed by atoms with Crippen molar-refractivity contribution in [1.29, 1.82) is 0 Å². The van der Waals surface area contributed by atoms with E-state index >= 15 is 0 Å². The van der Waals surface area contributed by atoms with Crippen LogP contribution in [0, 0.1) is 0 Å². The fourth-order valence-electron chi connectivity index (χ4n) is 1.32. The van der Waals surface area contributed by atoms with Crippen molar-refractivity contribution in [1.82, 2.24) is 9.97 Å². The van der Waals surface area contributed by atoms with Gasteiger partial charge in [-0.2, -0.15) is 0 Å². The van der Waals surface area contributed by atoms with Gasteiger partial charge in [-0.3, -0.25) is 4.79 Å². The molecule has 1 aliphatic rings. The monoisotopic (exact) mass is 194 g/mol. The molecular formula is C9H14N4O. The highest BCUT2D eigenvalue weighted by Gasteiger charge is 2.26. The van der Waals surface area contributed by atoms with Crippen LogP contribution < -0.4 is 16.6 Å². The van der Waals surface area contributed by atoms with Crippen molar-refractivity contribution in [3.8, 4) is 0 Å². The summed E-state index contributed by atoms with van der Waals surface area (Å²) in [6.07, 6.45) is 2.26. The predicted molar refractivity (Wildman–Crippen MR) is 54.4 cm³/mol. The summed E-state index contributed by atoms with van der Waals surface area (Å²) in [4.78, 5) is 18.3. The lowest BCUT2D eigenvalue weighted by Gasteiger charge is -2.04. The Morgan fingerprint density at radius 2 is 2.43 bits per heavy atom. The molecule has 0 aliphatic heterocycles. The van der Waals surface area contributed by atoms with Crippen molar-refractivity contribution in [3.05, 3.63) is 22.2 Å². The van der Waals surface area contributed by atoms with E-state index in [1.54, 1.807) is 0 Å². The molecule has 0 saturated heterocycles. The lowest BCUT2D eigenvalue weighted by Crippen LogP contribution is -2.17. The fourth-order valence-corrected chi connectivity index (χ4v) is 1.32. The van der Waals surface area contributed by atoms with Crippen molar-refractivity contribution in [2.45, 2.75) is 18.8 Å². The van der Waals surface area contributed by atoms with Gasteiger partial charge < -0.3 is 16.0 Å². The van der Waals surface area contributed by atoms with Gasteiger partial charge in [-0.05, 0) is 12.8 Å². The molecule has 0 bridgehead atoms. The minimum atomic E-state index is -0.0959. The molecule has 0 amide bonds. The molecule has 76 valence electrons. The van der Waals surface area contributed by atoms with E-state index in [9.17, 15) is 4.79 Å². The van der Waals surface area contributed by atoms with Crippen LogP contribution in [0.5, 0.6) is 0 Å². The summed E-state index contributed by atoms with van der Waals surface area (Å²) in [7, 11) is 0. The molecule has 1 fully saturated rings. The first kappa shape index (κ1) is 9.21. The second kappa shape index (κ2) is 3.79. The molecule has 0 atom stereocenters. The van der Waals surface area contributed by atoms with E-state index in [2.05, 4.69) is 15.3 Å². The highest BCUT2D eigenvalue weighted by atomic mass is 16.1. The van der Waals surface area contributed by atoms with Crippen LogP contribution >= 0.6 is 0 Å². The zero-order chi connectivity index (χ0) is 9.97. The minimum absolute atomic E-state index is 0.0959. The maximum atomic E-state index is 11.2. The maximum Gasteiger partial charge on any atom is 0.252 e. The number of hydrogen-bond acceptors (Lipinski definition) is 4. The molecular weight excluding hydrogens is 180 g/mol. The van der Waals surface area contributed by atoms with E-state index in [4.69, 9.17) is 5.73 Å². The molecule has 1 saturated carbocycles. The number of aromatic amines is 1. The summed E-state index contributed by atoms with van der Waals surface area (Å²) in [5.41, 5.74) is 5.25. The van der Waals surface area contributed by atoms with Crippen LogP contribution in [0.15, 0.2) is 10.9 Å². The van der Waals surface area contributed by atoms with Gasteiger partial charge in [-0.15, -0.1) is 0 Å². The van der Waals surface area contributed by atoms with Crippen LogP contribution in [0.25, 0.3) is 0 Å². The number of nitrogens with two attached hydrogens (primary N) is 1. The molecule has 0 radical (unpaired) electrons. The van der Waals surface area contributed by atoms with E-state index in [0.29, 0.717) is 24.8 Å². The van der Waals surface area contributed by atoms with E-state index < -0.39 is 0 Å². The van der Waals surface area contributed by atoms with Crippen molar-refractivity contribution < 1.29 is 0 Å². The molecule has 1 aliphatic carbocycles. The average molecular weight is 194 g/mol. The molecule has 5 nitrogen and oxygen atoms in total. The van der Waals surface area contributed by atoms with Gasteiger partial charge in [0.05, 0.1) is 0 Å². The molecule has 5 heteroatoms. The molecule has 4 N–H and O–H groups in total. The van der Waals surface area contributed by atoms with E-state index in [1.165, 1.54) is 6.07 Å². The summed E-state index contributed by atoms with van der Waals surface area (Å²) in [5, 5.41) is 3.00. The first-order valence-electron chi connectivity index (χ1n) is 4.85. The summed E-state index contributed by atoms with van der Waals surface area (Å²) in [5.74, 6) is 1.89. The second-order valence-corrected chi connectivity index (χ2v) is 3.51. The van der Waals surface area contributed by atoms with Gasteiger partial charge in [-0.25, -0.2) is 4.98 Å². The number of nitrogens with zero attached hydrogens (tertiary/aromatic N) is 1. The van der Waals surface area contributed by atoms with Crippen molar-refractivity contribution in [2.75, 3.05) is 18.4 Å². The number of H-pyrrole nitrogens is 1. The third-order valence-corrected chi connectivity index (χ3v) is 2.17. The Morgan fingerprint density at radius 1 is 1.64 bits per heavy atom. The van der Waals surface area contributed by atoms with E-state index in [1.807, 2.05) is 0 Å². The molecule has 2 rings (SSSR count). The standard InChI is InChI=1S/C9H14N4O/c10-3-4-11-7-5-8(14)13-9(12-7)6-1-2-6/h5-6H,1-4,10H2,(H2,11,12,13,14). The highest BCUT2D eigenvalue weighted by Crippen LogP contribution is 2.37. The zero-order valence-electron chi connectivity index (χ0n) is 7.92. The Balaban J connectivity index is 2.18. The quantitative estimate of drug-likeness (QED) is 0.630. The highest BCUT2D eigenvalue weighted by molar-refractivity contribution is 5.33. The van der Waals surface area contributed by atoms with Gasteiger partial charge in [0.25, 0.3) is 5.56 Å². The number of hydrogen-bond donors (Lipinski definition) is 3. The molecule has 14 heavy (non-hydrogen) atoms. The van der Waals surface area contributed by atoms with Gasteiger partial charge >= 0.3 is 0 Å². The predicted octanol–water partition coefficient (Wildman–Crippen LogP) is 0.0179. The molecule has 1 aromatic rings. The van der Waals surface area contributed by atoms with Crippen molar-refractivity contribution in [3.63, 3.8) is 0 Å². The first-order valence-corrected chi connectivity index (χ1v) is 4.85. The fraction of sp³-hybridized carbons (Fsp3) is 0.556. The topological polar surface area (TPSA) is 83.8 Å². The van der Waals surface area contributed by atoms with E-state index in [-0.39, 0.29) is 5.56 Å². The Bertz CT molecular complexity index is 369. The summed E-state index contributed by atoms with van der Waals surface area (Å²) < 4.78 is 0. The number of rotatable bonds is 4. The van der Waals surface area contributed by atoms with Crippen LogP contribution in [0.2, 0.25) is 0 Å². The SMILES string of the molecule is NCCNc1cc(=O)[nH]c(C2CC2)n1. The van der Waals surface area contributed by atoms with Crippen LogP contribution in [0.3, 0.4) is 0 Å². The molecule has 0 unspecified atom stereocenters. The van der Waals surface area contributed by atoms with Crippen LogP contribution in [-0.4, -0.2) is 23.1 Å². The third-order valence-electron chi connectivity index (χ3n) is 2.17. The Labute approximate surface area is 81.7 Å². The largest absolute Gasteiger partial charge is 0.369 e. The summed E-state index contributed by atoms with van der Waals surface area (Å²) in [6, 6.07) is 1.46. The summed E-state index contributed by atoms with van der Waals surface area (Å²) >= 11 is 0. The summed E-state index contributed by atoms with van der Waals surface area (Å²) in [6.45, 7) is 1.17. The second-order valence-electron chi connectivity index (χ2n) is 3.51. The zero-order valence-corrected chi connectivity index (χ0v) is 7.92. The Kier molecular flexibility index (Phi) is 2.49. The minimum Gasteiger partial charge on any atom is -0.369 e. The van der Waals surface area contributed by atoms with Crippen LogP contribution in [0.4, 0.5) is 5.82 Å². The van der Waals surface area contributed by atoms with E-state index in [0.717, 1.165) is 18.7 Å². The maximum absolute atomic E-state index is 11.2. The van der Waals surface area contributed by atoms with Gasteiger partial charge in [0.15, 0.2) is 0 Å². The Morgan fingerprint density at radius 3 is 3.07 bits per heavy atom. The van der Waals surface area contributed by atoms with Gasteiger partial charge in [-0.1, -0.05) is 0 Å². The molecule has 1 aromatic heterocycles. The normalized spacial score (nSPS) is 15.5. The molecule has 0 spiro atoms. The number of aromatic nitrogens is 2. The number of anilines is 1. The average Bonchev–Trinajstić information content (AvgIpc) is 2.97. The Hall–Kier alpha value is -1.36. The van der Waals surface area contributed by atoms with Crippen LogP contribution in [-0.2, 0) is 0 Å². The van der Waals surface area contributed by atoms with Crippen molar-refractivity contribution in [2.24, 2.45) is 5.73 Å². The lowest BCUT2D eigenvalue weighted by atomic mass is 10.4. The van der Waals surface area contributed by atoms with Gasteiger partial charge in [0.2, 0.25) is 0 Å². The van der Waals surface area contributed by atoms with Gasteiger partial charge in [0.1, 0.15) is 11.6 Å². The third kappa shape index (κ3) is 2.11. The molecule has 1 heterocycles. The lowest BCUT2D eigenvalue weighted by molar-refractivity contribution is 0.900. The van der Waals surface area contributed by atoms with Gasteiger partial charge in [0, 0.05) is 25.1 Å². The smallest absolute Gasteiger partial charge is 0.252 e. The molecule has 0 aromatic carbocycles. The number of nitrogens with one attached hydrogen (secondary N) is 2.